The van der Waals surface area contributed by atoms with Crippen molar-refractivity contribution in [3.63, 3.8) is 0 Å². The Labute approximate surface area is 122 Å². The van der Waals surface area contributed by atoms with E-state index in [-0.39, 0.29) is 0 Å². The second kappa shape index (κ2) is 6.13. The monoisotopic (exact) mass is 265 g/mol. The van der Waals surface area contributed by atoms with Gasteiger partial charge in [0.15, 0.2) is 0 Å². The first-order chi connectivity index (χ1) is 9.88. The highest BCUT2D eigenvalue weighted by Crippen LogP contribution is 2.32. The molecule has 104 valence electrons. The summed E-state index contributed by atoms with van der Waals surface area (Å²) in [4.78, 5) is 2.33. The van der Waals surface area contributed by atoms with Gasteiger partial charge in [-0.25, -0.2) is 0 Å². The van der Waals surface area contributed by atoms with Crippen LogP contribution in [-0.2, 0) is 0 Å². The summed E-state index contributed by atoms with van der Waals surface area (Å²) in [6.45, 7) is 3.25. The van der Waals surface area contributed by atoms with Crippen molar-refractivity contribution in [1.82, 2.24) is 4.90 Å². The van der Waals surface area contributed by atoms with Crippen molar-refractivity contribution in [2.45, 2.75) is 32.6 Å². The molecular weight excluding hydrogens is 242 g/mol. The largest absolute Gasteiger partial charge is 0.344 e. The Kier molecular flexibility index (Phi) is 4.05. The molecule has 1 atom stereocenters. The molecule has 0 aromatic heterocycles. The molecule has 0 aromatic rings. The van der Waals surface area contributed by atoms with Crippen LogP contribution in [0.4, 0.5) is 0 Å². The van der Waals surface area contributed by atoms with Gasteiger partial charge in [0.25, 0.3) is 0 Å². The molecule has 1 unspecified atom stereocenters. The Hall–Kier alpha value is -1.76. The minimum absolute atomic E-state index is 0.533. The van der Waals surface area contributed by atoms with Gasteiger partial charge in [-0.15, -0.1) is 0 Å². The maximum Gasteiger partial charge on any atom is 0.0447 e. The number of rotatable bonds is 4. The Morgan fingerprint density at radius 3 is 2.95 bits per heavy atom. The zero-order chi connectivity index (χ0) is 13.8. The molecular formula is C19H23N. The third kappa shape index (κ3) is 2.72. The molecule has 3 rings (SSSR count). The molecule has 0 radical (unpaired) electrons. The van der Waals surface area contributed by atoms with Gasteiger partial charge < -0.3 is 4.90 Å². The van der Waals surface area contributed by atoms with Crippen LogP contribution >= 0.6 is 0 Å². The summed E-state index contributed by atoms with van der Waals surface area (Å²) in [5.41, 5.74) is 4.35. The van der Waals surface area contributed by atoms with Gasteiger partial charge in [-0.2, -0.15) is 0 Å². The molecule has 0 fully saturated rings. The van der Waals surface area contributed by atoms with Crippen molar-refractivity contribution in [1.29, 1.82) is 0 Å². The number of fused-ring (bicyclic) bond motifs is 1. The van der Waals surface area contributed by atoms with E-state index < -0.39 is 0 Å². The second-order valence-corrected chi connectivity index (χ2v) is 5.68. The SMILES string of the molecule is CCCCC1=CCC(C2=C3C=CC=CN3CC=C2)C=C1. The molecule has 0 bridgehead atoms. The topological polar surface area (TPSA) is 3.24 Å². The minimum atomic E-state index is 0.533. The summed E-state index contributed by atoms with van der Waals surface area (Å²) in [5.74, 6) is 0.533. The van der Waals surface area contributed by atoms with Gasteiger partial charge in [-0.1, -0.05) is 55.4 Å². The normalized spacial score (nSPS) is 24.1. The van der Waals surface area contributed by atoms with Crippen LogP contribution in [0, 0.1) is 5.92 Å². The zero-order valence-electron chi connectivity index (χ0n) is 12.3. The molecule has 1 nitrogen and oxygen atoms in total. The average Bonchev–Trinajstić information content (AvgIpc) is 2.53. The lowest BCUT2D eigenvalue weighted by Crippen LogP contribution is -2.23. The molecule has 0 N–H and O–H groups in total. The minimum Gasteiger partial charge on any atom is -0.344 e. The van der Waals surface area contributed by atoms with E-state index in [4.69, 9.17) is 0 Å². The highest BCUT2D eigenvalue weighted by atomic mass is 15.1. The first-order valence-corrected chi connectivity index (χ1v) is 7.78. The van der Waals surface area contributed by atoms with Crippen molar-refractivity contribution in [2.24, 2.45) is 5.92 Å². The highest BCUT2D eigenvalue weighted by molar-refractivity contribution is 5.44. The van der Waals surface area contributed by atoms with Crippen LogP contribution in [0.15, 0.2) is 71.7 Å². The van der Waals surface area contributed by atoms with E-state index in [1.54, 1.807) is 0 Å². The van der Waals surface area contributed by atoms with Crippen LogP contribution in [0.5, 0.6) is 0 Å². The van der Waals surface area contributed by atoms with Gasteiger partial charge >= 0.3 is 0 Å². The van der Waals surface area contributed by atoms with Gasteiger partial charge in [0.05, 0.1) is 0 Å². The lowest BCUT2D eigenvalue weighted by molar-refractivity contribution is 0.506. The Morgan fingerprint density at radius 1 is 1.20 bits per heavy atom. The van der Waals surface area contributed by atoms with Crippen LogP contribution in [-0.4, -0.2) is 11.4 Å². The first kappa shape index (κ1) is 13.2. The second-order valence-electron chi connectivity index (χ2n) is 5.68. The van der Waals surface area contributed by atoms with Crippen molar-refractivity contribution in [3.05, 3.63) is 71.7 Å². The predicted octanol–water partition coefficient (Wildman–Crippen LogP) is 4.89. The maximum atomic E-state index is 2.43. The Morgan fingerprint density at radius 2 is 2.15 bits per heavy atom. The molecule has 2 heterocycles. The van der Waals surface area contributed by atoms with Gasteiger partial charge in [0, 0.05) is 24.4 Å². The third-order valence-electron chi connectivity index (χ3n) is 4.23. The summed E-state index contributed by atoms with van der Waals surface area (Å²) in [7, 11) is 0. The highest BCUT2D eigenvalue weighted by Gasteiger charge is 2.20. The molecule has 0 amide bonds. The van der Waals surface area contributed by atoms with Crippen molar-refractivity contribution in [2.75, 3.05) is 6.54 Å². The quantitative estimate of drug-likeness (QED) is 0.699. The Bertz CT molecular complexity index is 540. The summed E-state index contributed by atoms with van der Waals surface area (Å²) < 4.78 is 0. The average molecular weight is 265 g/mol. The zero-order valence-corrected chi connectivity index (χ0v) is 12.3. The fraction of sp³-hybridized carbons (Fsp3) is 0.368. The van der Waals surface area contributed by atoms with Crippen LogP contribution in [0.25, 0.3) is 0 Å². The fourth-order valence-corrected chi connectivity index (χ4v) is 3.05. The van der Waals surface area contributed by atoms with E-state index in [0.717, 1.165) is 13.0 Å². The number of allylic oxidation sites excluding steroid dienone is 9. The van der Waals surface area contributed by atoms with Crippen molar-refractivity contribution in [3.8, 4) is 0 Å². The lowest BCUT2D eigenvalue weighted by Gasteiger charge is -2.31. The van der Waals surface area contributed by atoms with E-state index in [1.165, 1.54) is 36.1 Å². The molecule has 1 aliphatic carbocycles. The van der Waals surface area contributed by atoms with Crippen LogP contribution < -0.4 is 0 Å². The number of unbranched alkanes of at least 4 members (excludes halogenated alkanes) is 1. The van der Waals surface area contributed by atoms with Crippen LogP contribution in [0.2, 0.25) is 0 Å². The molecule has 0 saturated carbocycles. The van der Waals surface area contributed by atoms with Gasteiger partial charge in [-0.3, -0.25) is 0 Å². The number of hydrogen-bond donors (Lipinski definition) is 0. The predicted molar refractivity (Wildman–Crippen MR) is 86.0 cm³/mol. The van der Waals surface area contributed by atoms with Crippen molar-refractivity contribution >= 4 is 0 Å². The first-order valence-electron chi connectivity index (χ1n) is 7.78. The number of nitrogens with zero attached hydrogens (tertiary/aromatic N) is 1. The Balaban J connectivity index is 1.75. The summed E-state index contributed by atoms with van der Waals surface area (Å²) in [6.07, 6.45) is 25.4. The van der Waals surface area contributed by atoms with Gasteiger partial charge in [-0.05, 0) is 37.0 Å². The third-order valence-corrected chi connectivity index (χ3v) is 4.23. The molecule has 0 saturated heterocycles. The number of hydrogen-bond acceptors (Lipinski definition) is 1. The van der Waals surface area contributed by atoms with Gasteiger partial charge in [0.2, 0.25) is 0 Å². The van der Waals surface area contributed by atoms with Crippen molar-refractivity contribution < 1.29 is 0 Å². The summed E-state index contributed by atoms with van der Waals surface area (Å²) >= 11 is 0. The fourth-order valence-electron chi connectivity index (χ4n) is 3.05. The van der Waals surface area contributed by atoms with Crippen LogP contribution in [0.3, 0.4) is 0 Å². The van der Waals surface area contributed by atoms with Gasteiger partial charge in [0.1, 0.15) is 0 Å². The summed E-state index contributed by atoms with van der Waals surface area (Å²) in [5, 5.41) is 0. The molecule has 20 heavy (non-hydrogen) atoms. The standard InChI is InChI=1S/C19H23N/c1-2-3-7-16-10-12-17(13-11-16)18-8-6-15-20-14-5-4-9-19(18)20/h4-6,8-12,14,17H,2-3,7,13,15H2,1H3. The van der Waals surface area contributed by atoms with E-state index in [1.807, 2.05) is 0 Å². The van der Waals surface area contributed by atoms with E-state index in [0.29, 0.717) is 5.92 Å². The van der Waals surface area contributed by atoms with Crippen LogP contribution in [0.1, 0.15) is 32.6 Å². The smallest absolute Gasteiger partial charge is 0.0447 e. The van der Waals surface area contributed by atoms with E-state index in [2.05, 4.69) is 66.6 Å². The molecule has 3 aliphatic rings. The molecule has 0 aromatic carbocycles. The molecule has 2 aliphatic heterocycles. The molecule has 0 spiro atoms. The molecule has 1 heteroatoms. The van der Waals surface area contributed by atoms with E-state index in [9.17, 15) is 0 Å². The maximum absolute atomic E-state index is 2.43. The van der Waals surface area contributed by atoms with E-state index >= 15 is 0 Å². The lowest BCUT2D eigenvalue weighted by atomic mass is 9.86. The summed E-state index contributed by atoms with van der Waals surface area (Å²) in [6, 6.07) is 0.